The van der Waals surface area contributed by atoms with Gasteiger partial charge in [0.2, 0.25) is 5.91 Å². The molecule has 2 aromatic carbocycles. The Balaban J connectivity index is 1.52. The highest BCUT2D eigenvalue weighted by Crippen LogP contribution is 2.37. The van der Waals surface area contributed by atoms with E-state index in [1.807, 2.05) is 42.0 Å². The van der Waals surface area contributed by atoms with Gasteiger partial charge in [0.05, 0.1) is 5.41 Å². The van der Waals surface area contributed by atoms with E-state index in [0.29, 0.717) is 44.0 Å². The molecular weight excluding hydrogens is 397 g/mol. The first-order chi connectivity index (χ1) is 15.0. The first kappa shape index (κ1) is 21.1. The number of nitrogens with one attached hydrogen (secondary N) is 1. The second-order valence-corrected chi connectivity index (χ2v) is 7.75. The number of carbonyl (C=O) groups is 1. The molecule has 3 aromatic rings. The summed E-state index contributed by atoms with van der Waals surface area (Å²) in [6.07, 6.45) is 4.68. The van der Waals surface area contributed by atoms with Crippen LogP contribution in [0.3, 0.4) is 0 Å². The Kier molecular flexibility index (Phi) is 6.04. The quantitative estimate of drug-likeness (QED) is 0.657. The lowest BCUT2D eigenvalue weighted by Gasteiger charge is -2.36. The van der Waals surface area contributed by atoms with Crippen LogP contribution in [0.25, 0.3) is 5.69 Å². The molecule has 0 unspecified atom stereocenters. The van der Waals surface area contributed by atoms with Crippen molar-refractivity contribution in [1.82, 2.24) is 14.9 Å². The minimum Gasteiger partial charge on any atom is -0.489 e. The molecule has 2 heterocycles. The molecule has 1 aliphatic rings. The molecule has 0 atom stereocenters. The fraction of sp³-hybridized carbons (Fsp3) is 0.333. The van der Waals surface area contributed by atoms with Crippen LogP contribution in [0, 0.1) is 12.7 Å². The van der Waals surface area contributed by atoms with Crippen molar-refractivity contribution in [2.24, 2.45) is 0 Å². The van der Waals surface area contributed by atoms with Gasteiger partial charge in [0.1, 0.15) is 24.0 Å². The molecule has 4 rings (SSSR count). The van der Waals surface area contributed by atoms with Crippen LogP contribution >= 0.6 is 0 Å². The second-order valence-electron chi connectivity index (χ2n) is 7.75. The molecule has 0 saturated carbocycles. The van der Waals surface area contributed by atoms with Gasteiger partial charge in [-0.2, -0.15) is 0 Å². The van der Waals surface area contributed by atoms with Crippen molar-refractivity contribution in [3.8, 4) is 11.4 Å². The third-order valence-corrected chi connectivity index (χ3v) is 5.88. The number of hydrogen-bond donors (Lipinski definition) is 1. The number of ether oxygens (including phenoxy) is 2. The van der Waals surface area contributed by atoms with Crippen molar-refractivity contribution >= 4 is 5.91 Å². The van der Waals surface area contributed by atoms with Crippen molar-refractivity contribution in [2.45, 2.75) is 31.8 Å². The van der Waals surface area contributed by atoms with E-state index in [1.54, 1.807) is 19.3 Å². The van der Waals surface area contributed by atoms with Crippen LogP contribution in [0.1, 0.15) is 29.8 Å². The summed E-state index contributed by atoms with van der Waals surface area (Å²) in [7, 11) is 1.60. The average Bonchev–Trinajstić information content (AvgIpc) is 3.23. The van der Waals surface area contributed by atoms with E-state index >= 15 is 0 Å². The molecule has 0 spiro atoms. The molecule has 1 fully saturated rings. The van der Waals surface area contributed by atoms with Crippen LogP contribution in [-0.4, -0.2) is 35.7 Å². The number of aryl methyl sites for hydroxylation is 1. The molecule has 1 aliphatic heterocycles. The zero-order valence-electron chi connectivity index (χ0n) is 17.7. The highest BCUT2D eigenvalue weighted by molar-refractivity contribution is 5.88. The van der Waals surface area contributed by atoms with Gasteiger partial charge in [-0.05, 0) is 55.2 Å². The summed E-state index contributed by atoms with van der Waals surface area (Å²) in [4.78, 5) is 16.9. The summed E-state index contributed by atoms with van der Waals surface area (Å²) in [6.45, 7) is 3.16. The minimum absolute atomic E-state index is 0.127. The van der Waals surface area contributed by atoms with Gasteiger partial charge in [0.15, 0.2) is 0 Å². The number of likely N-dealkylation sites (N-methyl/N-ethyl adjacent to an activating group) is 1. The SMILES string of the molecule is CNC(=O)C1(c2cc(F)cc(OCc3ccc(-n4ccnc4C)cc3)c2)CCOCC1. The van der Waals surface area contributed by atoms with Gasteiger partial charge < -0.3 is 19.4 Å². The van der Waals surface area contributed by atoms with Gasteiger partial charge in [-0.3, -0.25) is 4.79 Å². The maximum absolute atomic E-state index is 14.4. The van der Waals surface area contributed by atoms with E-state index in [-0.39, 0.29) is 5.91 Å². The first-order valence-electron chi connectivity index (χ1n) is 10.3. The van der Waals surface area contributed by atoms with Gasteiger partial charge in [-0.15, -0.1) is 0 Å². The van der Waals surface area contributed by atoms with Crippen molar-refractivity contribution in [3.63, 3.8) is 0 Å². The molecule has 0 radical (unpaired) electrons. The highest BCUT2D eigenvalue weighted by Gasteiger charge is 2.41. The van der Waals surface area contributed by atoms with Crippen LogP contribution in [-0.2, 0) is 21.6 Å². The number of aromatic nitrogens is 2. The minimum atomic E-state index is -0.808. The number of benzene rings is 2. The molecule has 7 heteroatoms. The number of rotatable bonds is 6. The van der Waals surface area contributed by atoms with Crippen LogP contribution < -0.4 is 10.1 Å². The maximum Gasteiger partial charge on any atom is 0.230 e. The van der Waals surface area contributed by atoms with E-state index in [9.17, 15) is 9.18 Å². The molecule has 1 saturated heterocycles. The summed E-state index contributed by atoms with van der Waals surface area (Å²) < 4.78 is 27.8. The number of hydrogen-bond acceptors (Lipinski definition) is 4. The Hall–Kier alpha value is -3.19. The number of carbonyl (C=O) groups excluding carboxylic acids is 1. The van der Waals surface area contributed by atoms with Gasteiger partial charge >= 0.3 is 0 Å². The van der Waals surface area contributed by atoms with Crippen LogP contribution in [0.4, 0.5) is 4.39 Å². The highest BCUT2D eigenvalue weighted by atomic mass is 19.1. The van der Waals surface area contributed by atoms with Crippen molar-refractivity contribution in [2.75, 3.05) is 20.3 Å². The average molecular weight is 423 g/mol. The number of nitrogens with zero attached hydrogens (tertiary/aromatic N) is 2. The van der Waals surface area contributed by atoms with Crippen LogP contribution in [0.15, 0.2) is 54.9 Å². The Morgan fingerprint density at radius 1 is 1.23 bits per heavy atom. The lowest BCUT2D eigenvalue weighted by atomic mass is 9.73. The fourth-order valence-electron chi connectivity index (χ4n) is 4.10. The third-order valence-electron chi connectivity index (χ3n) is 5.88. The van der Waals surface area contributed by atoms with Crippen molar-refractivity contribution < 1.29 is 18.7 Å². The fourth-order valence-corrected chi connectivity index (χ4v) is 4.10. The Bertz CT molecular complexity index is 1060. The molecule has 0 bridgehead atoms. The third kappa shape index (κ3) is 4.32. The summed E-state index contributed by atoms with van der Waals surface area (Å²) in [5.41, 5.74) is 1.78. The summed E-state index contributed by atoms with van der Waals surface area (Å²) in [5, 5.41) is 2.73. The molecule has 1 N–H and O–H groups in total. The Morgan fingerprint density at radius 3 is 2.61 bits per heavy atom. The van der Waals surface area contributed by atoms with E-state index in [1.165, 1.54) is 12.1 Å². The van der Waals surface area contributed by atoms with E-state index in [4.69, 9.17) is 9.47 Å². The number of halogens is 1. The van der Waals surface area contributed by atoms with Crippen molar-refractivity contribution in [3.05, 3.63) is 77.6 Å². The largest absolute Gasteiger partial charge is 0.489 e. The first-order valence-corrected chi connectivity index (χ1v) is 10.3. The number of imidazole rings is 1. The lowest BCUT2D eigenvalue weighted by Crippen LogP contribution is -2.47. The summed E-state index contributed by atoms with van der Waals surface area (Å²) in [5.74, 6) is 0.764. The van der Waals surface area contributed by atoms with Gasteiger partial charge in [0.25, 0.3) is 0 Å². The standard InChI is InChI=1S/C24H26FN3O3/c1-17-27-9-10-28(17)21-5-3-18(4-6-21)16-31-22-14-19(13-20(25)15-22)24(23(29)26-2)7-11-30-12-8-24/h3-6,9-10,13-15H,7-8,11-12,16H2,1-2H3,(H,26,29). The predicted molar refractivity (Wildman–Crippen MR) is 115 cm³/mol. The van der Waals surface area contributed by atoms with Gasteiger partial charge in [-0.1, -0.05) is 12.1 Å². The molecule has 162 valence electrons. The molecule has 6 nitrogen and oxygen atoms in total. The zero-order chi connectivity index (χ0) is 21.8. The van der Waals surface area contributed by atoms with E-state index in [2.05, 4.69) is 10.3 Å². The second kappa shape index (κ2) is 8.89. The molecule has 1 aromatic heterocycles. The smallest absolute Gasteiger partial charge is 0.230 e. The molecule has 1 amide bonds. The summed E-state index contributed by atoms with van der Waals surface area (Å²) >= 11 is 0. The normalized spacial score (nSPS) is 15.5. The topological polar surface area (TPSA) is 65.4 Å². The summed E-state index contributed by atoms with van der Waals surface area (Å²) in [6, 6.07) is 12.5. The maximum atomic E-state index is 14.4. The lowest BCUT2D eigenvalue weighted by molar-refractivity contribution is -0.129. The Morgan fingerprint density at radius 2 is 1.97 bits per heavy atom. The molecule has 31 heavy (non-hydrogen) atoms. The van der Waals surface area contributed by atoms with Gasteiger partial charge in [0, 0.05) is 44.4 Å². The van der Waals surface area contributed by atoms with E-state index < -0.39 is 11.2 Å². The Labute approximate surface area is 181 Å². The number of amides is 1. The van der Waals surface area contributed by atoms with Gasteiger partial charge in [-0.25, -0.2) is 9.37 Å². The van der Waals surface area contributed by atoms with Crippen molar-refractivity contribution in [1.29, 1.82) is 0 Å². The van der Waals surface area contributed by atoms with Crippen LogP contribution in [0.5, 0.6) is 5.75 Å². The predicted octanol–water partition coefficient (Wildman–Crippen LogP) is 3.69. The monoisotopic (exact) mass is 423 g/mol. The molecular formula is C24H26FN3O3. The van der Waals surface area contributed by atoms with Crippen LogP contribution in [0.2, 0.25) is 0 Å². The molecule has 0 aliphatic carbocycles. The zero-order valence-corrected chi connectivity index (χ0v) is 17.7. The van der Waals surface area contributed by atoms with E-state index in [0.717, 1.165) is 17.1 Å².